The Morgan fingerprint density at radius 1 is 0.767 bits per heavy atom. The van der Waals surface area contributed by atoms with Crippen molar-refractivity contribution in [3.8, 4) is 5.69 Å². The van der Waals surface area contributed by atoms with Crippen LogP contribution >= 0.6 is 11.8 Å². The summed E-state index contributed by atoms with van der Waals surface area (Å²) in [4.78, 5) is 8.10. The van der Waals surface area contributed by atoms with Crippen molar-refractivity contribution in [2.75, 3.05) is 0 Å². The summed E-state index contributed by atoms with van der Waals surface area (Å²) in [5.41, 5.74) is 4.42. The van der Waals surface area contributed by atoms with Gasteiger partial charge in [0.05, 0.1) is 11.0 Å². The van der Waals surface area contributed by atoms with Crippen molar-refractivity contribution in [3.05, 3.63) is 102 Å². The summed E-state index contributed by atoms with van der Waals surface area (Å²) in [6, 6.07) is 28.9. The number of nitrogens with one attached hydrogen (secondary N) is 1. The number of hydrogen-bond acceptors (Lipinski definition) is 4. The lowest BCUT2D eigenvalue weighted by Crippen LogP contribution is -2.05. The number of H-pyrrole nitrogens is 1. The molecular formula is C24H21N5S. The molecule has 5 rings (SSSR count). The number of hydrogen-bond donors (Lipinski definition) is 1. The minimum Gasteiger partial charge on any atom is -0.342 e. The fourth-order valence-corrected chi connectivity index (χ4v) is 4.40. The van der Waals surface area contributed by atoms with Crippen LogP contribution in [0.4, 0.5) is 0 Å². The van der Waals surface area contributed by atoms with Crippen molar-refractivity contribution in [1.29, 1.82) is 0 Å². The van der Waals surface area contributed by atoms with E-state index in [1.165, 1.54) is 5.56 Å². The second kappa shape index (κ2) is 8.55. The van der Waals surface area contributed by atoms with Crippen LogP contribution in [0.3, 0.4) is 0 Å². The molecule has 0 radical (unpaired) electrons. The maximum absolute atomic E-state index is 4.69. The first-order valence-corrected chi connectivity index (χ1v) is 11.0. The summed E-state index contributed by atoms with van der Waals surface area (Å²) < 4.78 is 2.16. The fraction of sp³-hybridized carbons (Fsp3) is 0.125. The number of aromatic amines is 1. The van der Waals surface area contributed by atoms with Gasteiger partial charge in [0, 0.05) is 24.3 Å². The van der Waals surface area contributed by atoms with Crippen molar-refractivity contribution >= 4 is 22.8 Å². The minimum atomic E-state index is 0.758. The van der Waals surface area contributed by atoms with Crippen molar-refractivity contribution in [3.63, 3.8) is 0 Å². The monoisotopic (exact) mass is 411 g/mol. The van der Waals surface area contributed by atoms with E-state index < -0.39 is 0 Å². The van der Waals surface area contributed by atoms with Crippen LogP contribution in [0.15, 0.2) is 90.1 Å². The van der Waals surface area contributed by atoms with Crippen molar-refractivity contribution in [1.82, 2.24) is 24.7 Å². The second-order valence-corrected chi connectivity index (χ2v) is 7.99. The van der Waals surface area contributed by atoms with Gasteiger partial charge in [0.25, 0.3) is 0 Å². The highest BCUT2D eigenvalue weighted by Gasteiger charge is 2.15. The third kappa shape index (κ3) is 4.00. The standard InChI is InChI=1S/C24H21N5S/c1-3-9-18(10-4-1)17-30-24-28-27-23(29(24)19-11-5-2-6-12-19)16-15-22-25-20-13-7-8-14-21(20)26-22/h1-14H,15-17H2,(H,25,26). The summed E-state index contributed by atoms with van der Waals surface area (Å²) in [7, 11) is 0. The molecule has 0 atom stereocenters. The second-order valence-electron chi connectivity index (χ2n) is 7.04. The number of para-hydroxylation sites is 3. The molecule has 0 spiro atoms. The molecule has 0 unspecified atom stereocenters. The fourth-order valence-electron chi connectivity index (χ4n) is 3.47. The van der Waals surface area contributed by atoms with E-state index in [1.807, 2.05) is 42.5 Å². The highest BCUT2D eigenvalue weighted by molar-refractivity contribution is 7.98. The molecule has 148 valence electrons. The van der Waals surface area contributed by atoms with Gasteiger partial charge in [-0.1, -0.05) is 72.4 Å². The molecule has 1 N–H and O–H groups in total. The van der Waals surface area contributed by atoms with Gasteiger partial charge >= 0.3 is 0 Å². The summed E-state index contributed by atoms with van der Waals surface area (Å²) >= 11 is 1.71. The molecule has 2 heterocycles. The van der Waals surface area contributed by atoms with Crippen molar-refractivity contribution in [2.24, 2.45) is 0 Å². The maximum Gasteiger partial charge on any atom is 0.196 e. The number of aromatic nitrogens is 5. The molecule has 0 bridgehead atoms. The van der Waals surface area contributed by atoms with Gasteiger partial charge in [-0.05, 0) is 29.8 Å². The lowest BCUT2D eigenvalue weighted by molar-refractivity contribution is 0.778. The van der Waals surface area contributed by atoms with Crippen LogP contribution in [-0.2, 0) is 18.6 Å². The minimum absolute atomic E-state index is 0.758. The van der Waals surface area contributed by atoms with Gasteiger partial charge in [-0.2, -0.15) is 0 Å². The molecule has 0 aliphatic rings. The van der Waals surface area contributed by atoms with E-state index in [1.54, 1.807) is 11.8 Å². The van der Waals surface area contributed by atoms with Crippen LogP contribution in [0.1, 0.15) is 17.2 Å². The molecule has 0 fully saturated rings. The number of rotatable bonds is 7. The number of thioether (sulfide) groups is 1. The predicted molar refractivity (Wildman–Crippen MR) is 121 cm³/mol. The predicted octanol–water partition coefficient (Wildman–Crippen LogP) is 5.22. The molecule has 3 aromatic carbocycles. The van der Waals surface area contributed by atoms with Crippen LogP contribution in [0, 0.1) is 0 Å². The van der Waals surface area contributed by atoms with Crippen LogP contribution in [0.2, 0.25) is 0 Å². The summed E-state index contributed by atoms with van der Waals surface area (Å²) in [6.45, 7) is 0. The van der Waals surface area contributed by atoms with Crippen LogP contribution in [0.25, 0.3) is 16.7 Å². The lowest BCUT2D eigenvalue weighted by Gasteiger charge is -2.10. The lowest BCUT2D eigenvalue weighted by atomic mass is 10.2. The van der Waals surface area contributed by atoms with E-state index in [4.69, 9.17) is 4.98 Å². The highest BCUT2D eigenvalue weighted by atomic mass is 32.2. The molecular weight excluding hydrogens is 390 g/mol. The third-order valence-electron chi connectivity index (χ3n) is 4.95. The van der Waals surface area contributed by atoms with Gasteiger partial charge in [-0.3, -0.25) is 4.57 Å². The van der Waals surface area contributed by atoms with Crippen LogP contribution in [-0.4, -0.2) is 24.7 Å². The molecule has 0 amide bonds. The Labute approximate surface area is 179 Å². The smallest absolute Gasteiger partial charge is 0.196 e. The Kier molecular flexibility index (Phi) is 5.31. The van der Waals surface area contributed by atoms with Crippen molar-refractivity contribution in [2.45, 2.75) is 23.8 Å². The van der Waals surface area contributed by atoms with E-state index in [2.05, 4.69) is 62.2 Å². The van der Waals surface area contributed by atoms with Gasteiger partial charge in [0.1, 0.15) is 11.6 Å². The topological polar surface area (TPSA) is 59.4 Å². The van der Waals surface area contributed by atoms with Crippen LogP contribution in [0.5, 0.6) is 0 Å². The molecule has 0 aliphatic carbocycles. The number of nitrogens with zero attached hydrogens (tertiary/aromatic N) is 4. The zero-order valence-corrected chi connectivity index (χ0v) is 17.2. The number of benzene rings is 3. The number of fused-ring (bicyclic) bond motifs is 1. The molecule has 30 heavy (non-hydrogen) atoms. The Balaban J connectivity index is 1.40. The van der Waals surface area contributed by atoms with E-state index >= 15 is 0 Å². The Morgan fingerprint density at radius 3 is 2.30 bits per heavy atom. The normalized spacial score (nSPS) is 11.2. The Hall–Kier alpha value is -3.38. The van der Waals surface area contributed by atoms with Gasteiger partial charge in [-0.25, -0.2) is 4.98 Å². The largest absolute Gasteiger partial charge is 0.342 e. The molecule has 0 saturated heterocycles. The zero-order chi connectivity index (χ0) is 20.2. The van der Waals surface area contributed by atoms with E-state index in [9.17, 15) is 0 Å². The quantitative estimate of drug-likeness (QED) is 0.373. The zero-order valence-electron chi connectivity index (χ0n) is 16.4. The van der Waals surface area contributed by atoms with Gasteiger partial charge in [0.2, 0.25) is 0 Å². The molecule has 5 nitrogen and oxygen atoms in total. The Bertz CT molecular complexity index is 1210. The summed E-state index contributed by atoms with van der Waals surface area (Å²) in [5, 5.41) is 9.94. The average Bonchev–Trinajstić information content (AvgIpc) is 3.41. The first kappa shape index (κ1) is 18.6. The number of imidazole rings is 1. The van der Waals surface area contributed by atoms with Gasteiger partial charge in [0.15, 0.2) is 5.16 Å². The van der Waals surface area contributed by atoms with E-state index in [0.717, 1.165) is 52.1 Å². The van der Waals surface area contributed by atoms with Gasteiger partial charge < -0.3 is 4.98 Å². The third-order valence-corrected chi connectivity index (χ3v) is 5.95. The first-order chi connectivity index (χ1) is 14.9. The first-order valence-electron chi connectivity index (χ1n) is 9.97. The van der Waals surface area contributed by atoms with Gasteiger partial charge in [-0.15, -0.1) is 10.2 Å². The Morgan fingerprint density at radius 2 is 1.50 bits per heavy atom. The average molecular weight is 412 g/mol. The summed E-state index contributed by atoms with van der Waals surface area (Å²) in [6.07, 6.45) is 1.54. The SMILES string of the molecule is c1ccc(CSc2nnc(CCc3nc4ccccc4[nH]3)n2-c2ccccc2)cc1. The molecule has 5 aromatic rings. The highest BCUT2D eigenvalue weighted by Crippen LogP contribution is 2.26. The molecule has 6 heteroatoms. The summed E-state index contributed by atoms with van der Waals surface area (Å²) in [5.74, 6) is 2.77. The number of aryl methyl sites for hydroxylation is 2. The van der Waals surface area contributed by atoms with E-state index in [-0.39, 0.29) is 0 Å². The maximum atomic E-state index is 4.69. The molecule has 0 saturated carbocycles. The van der Waals surface area contributed by atoms with Crippen LogP contribution < -0.4 is 0 Å². The van der Waals surface area contributed by atoms with E-state index in [0.29, 0.717) is 0 Å². The van der Waals surface area contributed by atoms with Crippen molar-refractivity contribution < 1.29 is 0 Å². The molecule has 0 aliphatic heterocycles. The molecule has 2 aromatic heterocycles.